The molecule has 1 amide bonds. The van der Waals surface area contributed by atoms with Crippen LogP contribution in [0.15, 0.2) is 60.8 Å². The van der Waals surface area contributed by atoms with Crippen molar-refractivity contribution in [2.75, 3.05) is 6.61 Å². The Hall–Kier alpha value is -1.91. The minimum absolute atomic E-state index is 0.0743. The van der Waals surface area contributed by atoms with Gasteiger partial charge >= 0.3 is 0 Å². The second kappa shape index (κ2) is 51.4. The van der Waals surface area contributed by atoms with E-state index in [9.17, 15) is 15.0 Å². The van der Waals surface area contributed by atoms with Crippen LogP contribution in [0.5, 0.6) is 0 Å². The molecule has 0 aliphatic carbocycles. The second-order valence-electron chi connectivity index (χ2n) is 17.9. The number of nitrogens with one attached hydrogen (secondary N) is 1. The van der Waals surface area contributed by atoms with E-state index in [1.165, 1.54) is 205 Å². The largest absolute Gasteiger partial charge is 0.394 e. The lowest BCUT2D eigenvalue weighted by molar-refractivity contribution is -0.123. The normalized spacial score (nSPS) is 13.3. The number of aliphatic hydroxyl groups excluding tert-OH is 2. The molecular formula is C56H103NO3. The predicted octanol–water partition coefficient (Wildman–Crippen LogP) is 17.2. The molecule has 4 heteroatoms. The minimum atomic E-state index is -0.859. The highest BCUT2D eigenvalue weighted by Crippen LogP contribution is 2.16. The molecule has 0 saturated heterocycles. The first-order chi connectivity index (χ1) is 29.7. The number of hydrogen-bond acceptors (Lipinski definition) is 3. The standard InChI is InChI=1S/C56H103NO3/c1-3-5-7-9-11-13-14-15-16-17-18-19-20-21-22-23-24-25-26-27-28-29-30-31-32-33-34-35-36-37-38-39-40-41-42-44-46-48-50-52-56(60)57-54(53-58)55(59)51-49-47-45-43-12-10-8-6-4-2/h12,14-15,17-18,20-21,43,49,51,54-55,58-59H,3-11,13,16,19,22-42,44-48,50,52-53H2,1-2H3,(H,57,60)/b15-14-,18-17-,21-20-,43-12+,51-49+. The van der Waals surface area contributed by atoms with Gasteiger partial charge in [0.25, 0.3) is 0 Å². The number of carbonyl (C=O) groups is 1. The first kappa shape index (κ1) is 58.1. The van der Waals surface area contributed by atoms with Gasteiger partial charge in [-0.15, -0.1) is 0 Å². The molecule has 0 rings (SSSR count). The highest BCUT2D eigenvalue weighted by Gasteiger charge is 2.17. The summed E-state index contributed by atoms with van der Waals surface area (Å²) in [6, 6.07) is -0.636. The molecule has 0 aliphatic rings. The Morgan fingerprint density at radius 3 is 1.12 bits per heavy atom. The van der Waals surface area contributed by atoms with Gasteiger partial charge in [-0.05, 0) is 70.6 Å². The molecular weight excluding hydrogens is 735 g/mol. The fourth-order valence-electron chi connectivity index (χ4n) is 7.91. The van der Waals surface area contributed by atoms with E-state index in [4.69, 9.17) is 0 Å². The van der Waals surface area contributed by atoms with Crippen molar-refractivity contribution in [3.8, 4) is 0 Å². The summed E-state index contributed by atoms with van der Waals surface area (Å²) >= 11 is 0. The van der Waals surface area contributed by atoms with E-state index in [1.807, 2.05) is 6.08 Å². The first-order valence-corrected chi connectivity index (χ1v) is 26.5. The van der Waals surface area contributed by atoms with Crippen molar-refractivity contribution in [3.05, 3.63) is 60.8 Å². The number of hydrogen-bond donors (Lipinski definition) is 3. The van der Waals surface area contributed by atoms with E-state index in [-0.39, 0.29) is 12.5 Å². The SMILES string of the molecule is CCCCC/C=C/CC/C=C/C(O)C(CO)NC(=O)CCCCCCCCCCCCCCCCCCCCCCCCCC/C=C\C/C=C\C/C=C\CCCCCCC. The summed E-state index contributed by atoms with van der Waals surface area (Å²) in [5.74, 6) is -0.0743. The van der Waals surface area contributed by atoms with Gasteiger partial charge in [0.05, 0.1) is 18.8 Å². The highest BCUT2D eigenvalue weighted by atomic mass is 16.3. The number of allylic oxidation sites excluding steroid dienone is 9. The molecule has 0 bridgehead atoms. The van der Waals surface area contributed by atoms with Crippen LogP contribution >= 0.6 is 0 Å². The average molecular weight is 838 g/mol. The van der Waals surface area contributed by atoms with Crippen LogP contribution in [0.3, 0.4) is 0 Å². The van der Waals surface area contributed by atoms with E-state index in [0.29, 0.717) is 6.42 Å². The van der Waals surface area contributed by atoms with Crippen LogP contribution < -0.4 is 5.32 Å². The van der Waals surface area contributed by atoms with Crippen LogP contribution in [0.25, 0.3) is 0 Å². The summed E-state index contributed by atoms with van der Waals surface area (Å²) in [5.41, 5.74) is 0. The Kier molecular flexibility index (Phi) is 49.8. The second-order valence-corrected chi connectivity index (χ2v) is 17.9. The van der Waals surface area contributed by atoms with Gasteiger partial charge in [0.2, 0.25) is 5.91 Å². The number of amides is 1. The quantitative estimate of drug-likeness (QED) is 0.0422. The lowest BCUT2D eigenvalue weighted by Gasteiger charge is -2.19. The smallest absolute Gasteiger partial charge is 0.220 e. The Morgan fingerprint density at radius 2 is 0.700 bits per heavy atom. The zero-order valence-corrected chi connectivity index (χ0v) is 40.2. The van der Waals surface area contributed by atoms with Crippen molar-refractivity contribution in [2.45, 2.75) is 283 Å². The molecule has 2 atom stereocenters. The topological polar surface area (TPSA) is 69.6 Å². The zero-order chi connectivity index (χ0) is 43.5. The molecule has 0 fully saturated rings. The van der Waals surface area contributed by atoms with Gasteiger partial charge in [-0.1, -0.05) is 254 Å². The summed E-state index contributed by atoms with van der Waals surface area (Å²) in [7, 11) is 0. The maximum absolute atomic E-state index is 12.4. The summed E-state index contributed by atoms with van der Waals surface area (Å²) in [6.45, 7) is 4.24. The zero-order valence-electron chi connectivity index (χ0n) is 40.2. The van der Waals surface area contributed by atoms with Gasteiger partial charge in [0.15, 0.2) is 0 Å². The minimum Gasteiger partial charge on any atom is -0.394 e. The third-order valence-corrected chi connectivity index (χ3v) is 12.0. The summed E-state index contributed by atoms with van der Waals surface area (Å²) in [4.78, 5) is 12.4. The number of carbonyl (C=O) groups excluding carboxylic acids is 1. The fraction of sp³-hybridized carbons (Fsp3) is 0.804. The third-order valence-electron chi connectivity index (χ3n) is 12.0. The maximum Gasteiger partial charge on any atom is 0.220 e. The van der Waals surface area contributed by atoms with Crippen molar-refractivity contribution in [2.24, 2.45) is 0 Å². The molecule has 2 unspecified atom stereocenters. The Labute approximate surface area is 375 Å². The van der Waals surface area contributed by atoms with Gasteiger partial charge in [-0.2, -0.15) is 0 Å². The average Bonchev–Trinajstić information content (AvgIpc) is 3.25. The molecule has 0 saturated carbocycles. The highest BCUT2D eigenvalue weighted by molar-refractivity contribution is 5.76. The van der Waals surface area contributed by atoms with E-state index < -0.39 is 12.1 Å². The molecule has 60 heavy (non-hydrogen) atoms. The Bertz CT molecular complexity index is 996. The molecule has 4 nitrogen and oxygen atoms in total. The lowest BCUT2D eigenvalue weighted by atomic mass is 10.0. The maximum atomic E-state index is 12.4. The van der Waals surface area contributed by atoms with E-state index >= 15 is 0 Å². The molecule has 0 aromatic carbocycles. The van der Waals surface area contributed by atoms with Gasteiger partial charge in [-0.3, -0.25) is 4.79 Å². The van der Waals surface area contributed by atoms with Crippen molar-refractivity contribution < 1.29 is 15.0 Å². The molecule has 0 radical (unpaired) electrons. The molecule has 0 aromatic rings. The van der Waals surface area contributed by atoms with Crippen molar-refractivity contribution in [1.29, 1.82) is 0 Å². The number of unbranched alkanes of at least 4 members (excludes halogenated alkanes) is 33. The van der Waals surface area contributed by atoms with Crippen molar-refractivity contribution >= 4 is 5.91 Å². The van der Waals surface area contributed by atoms with Crippen LogP contribution in [-0.4, -0.2) is 34.9 Å². The van der Waals surface area contributed by atoms with Crippen molar-refractivity contribution in [3.63, 3.8) is 0 Å². The van der Waals surface area contributed by atoms with Crippen LogP contribution in [0.4, 0.5) is 0 Å². The van der Waals surface area contributed by atoms with E-state index in [2.05, 4.69) is 67.8 Å². The Balaban J connectivity index is 3.38. The summed E-state index contributed by atoms with van der Waals surface area (Å²) in [6.07, 6.45) is 72.6. The van der Waals surface area contributed by atoms with Crippen molar-refractivity contribution in [1.82, 2.24) is 5.32 Å². The predicted molar refractivity (Wildman–Crippen MR) is 267 cm³/mol. The monoisotopic (exact) mass is 838 g/mol. The lowest BCUT2D eigenvalue weighted by Crippen LogP contribution is -2.45. The summed E-state index contributed by atoms with van der Waals surface area (Å²) in [5, 5.41) is 22.9. The molecule has 3 N–H and O–H groups in total. The van der Waals surface area contributed by atoms with Crippen LogP contribution in [-0.2, 0) is 4.79 Å². The van der Waals surface area contributed by atoms with E-state index in [1.54, 1.807) is 6.08 Å². The molecule has 0 spiro atoms. The molecule has 350 valence electrons. The molecule has 0 aromatic heterocycles. The molecule has 0 heterocycles. The third kappa shape index (κ3) is 47.1. The van der Waals surface area contributed by atoms with Gasteiger partial charge in [0.1, 0.15) is 0 Å². The number of rotatable bonds is 48. The van der Waals surface area contributed by atoms with Crippen LogP contribution in [0.1, 0.15) is 271 Å². The van der Waals surface area contributed by atoms with Gasteiger partial charge < -0.3 is 15.5 Å². The van der Waals surface area contributed by atoms with Gasteiger partial charge in [-0.25, -0.2) is 0 Å². The number of aliphatic hydroxyl groups is 2. The first-order valence-electron chi connectivity index (χ1n) is 26.5. The molecule has 0 aliphatic heterocycles. The Morgan fingerprint density at radius 1 is 0.400 bits per heavy atom. The van der Waals surface area contributed by atoms with Crippen LogP contribution in [0.2, 0.25) is 0 Å². The summed E-state index contributed by atoms with van der Waals surface area (Å²) < 4.78 is 0. The van der Waals surface area contributed by atoms with Gasteiger partial charge in [0, 0.05) is 6.42 Å². The fourth-order valence-corrected chi connectivity index (χ4v) is 7.91. The van der Waals surface area contributed by atoms with E-state index in [0.717, 1.165) is 44.9 Å². The van der Waals surface area contributed by atoms with Crippen LogP contribution in [0, 0.1) is 0 Å².